The van der Waals surface area contributed by atoms with Crippen LogP contribution in [0.2, 0.25) is 5.02 Å². The number of aryl methyl sites for hydroxylation is 1. The highest BCUT2D eigenvalue weighted by Crippen LogP contribution is 2.17. The predicted molar refractivity (Wildman–Crippen MR) is 76.6 cm³/mol. The fourth-order valence-electron chi connectivity index (χ4n) is 1.68. The van der Waals surface area contributed by atoms with E-state index in [0.29, 0.717) is 11.6 Å². The maximum atomic E-state index is 5.88. The average molecular weight is 262 g/mol. The molecule has 0 aliphatic carbocycles. The fourth-order valence-corrected chi connectivity index (χ4v) is 1.86. The molecule has 94 valence electrons. The molecule has 0 radical (unpaired) electrons. The quantitative estimate of drug-likeness (QED) is 0.817. The van der Waals surface area contributed by atoms with E-state index in [0.717, 1.165) is 18.0 Å². The summed E-state index contributed by atoms with van der Waals surface area (Å²) in [5.74, 6) is 0.800. The van der Waals surface area contributed by atoms with Gasteiger partial charge in [-0.05, 0) is 36.8 Å². The van der Waals surface area contributed by atoms with Crippen molar-refractivity contribution in [3.05, 3.63) is 59.1 Å². The van der Waals surface area contributed by atoms with Crippen molar-refractivity contribution in [3.63, 3.8) is 0 Å². The highest BCUT2D eigenvalue weighted by Gasteiger charge is 1.97. The summed E-state index contributed by atoms with van der Waals surface area (Å²) in [4.78, 5) is 0. The van der Waals surface area contributed by atoms with Gasteiger partial charge in [0, 0.05) is 17.3 Å². The molecule has 0 atom stereocenters. The second-order valence-corrected chi connectivity index (χ2v) is 4.48. The topological polar surface area (TPSA) is 21.3 Å². The number of hydrogen-bond acceptors (Lipinski definition) is 2. The summed E-state index contributed by atoms with van der Waals surface area (Å²) in [7, 11) is 0. The highest BCUT2D eigenvalue weighted by atomic mass is 35.5. The molecule has 2 aromatic rings. The number of rotatable bonds is 5. The molecule has 0 saturated carbocycles. The Kier molecular flexibility index (Phi) is 4.48. The van der Waals surface area contributed by atoms with Gasteiger partial charge in [-0.1, -0.05) is 35.9 Å². The minimum Gasteiger partial charge on any atom is -0.492 e. The Bertz CT molecular complexity index is 513. The Balaban J connectivity index is 1.78. The second kappa shape index (κ2) is 6.31. The van der Waals surface area contributed by atoms with Crippen molar-refractivity contribution in [2.45, 2.75) is 6.92 Å². The van der Waals surface area contributed by atoms with Crippen LogP contribution in [0.4, 0.5) is 5.69 Å². The summed E-state index contributed by atoms with van der Waals surface area (Å²) in [6, 6.07) is 15.6. The van der Waals surface area contributed by atoms with Crippen molar-refractivity contribution in [2.75, 3.05) is 18.5 Å². The molecule has 0 saturated heterocycles. The van der Waals surface area contributed by atoms with Crippen LogP contribution in [0.1, 0.15) is 5.56 Å². The average Bonchev–Trinajstić information content (AvgIpc) is 2.37. The van der Waals surface area contributed by atoms with Crippen LogP contribution >= 0.6 is 11.6 Å². The molecule has 0 aromatic heterocycles. The standard InChI is InChI=1S/C15H16ClNO/c1-12-5-2-3-8-15(12)17-9-10-18-14-7-4-6-13(16)11-14/h2-8,11,17H,9-10H2,1H3. The van der Waals surface area contributed by atoms with E-state index < -0.39 is 0 Å². The number of anilines is 1. The minimum atomic E-state index is 0.606. The zero-order chi connectivity index (χ0) is 12.8. The van der Waals surface area contributed by atoms with Crippen LogP contribution < -0.4 is 10.1 Å². The lowest BCUT2D eigenvalue weighted by Crippen LogP contribution is -2.12. The molecule has 0 fully saturated rings. The van der Waals surface area contributed by atoms with Crippen molar-refractivity contribution in [1.29, 1.82) is 0 Å². The zero-order valence-electron chi connectivity index (χ0n) is 10.3. The molecule has 2 rings (SSSR count). The second-order valence-electron chi connectivity index (χ2n) is 4.05. The largest absolute Gasteiger partial charge is 0.492 e. The molecule has 0 spiro atoms. The van der Waals surface area contributed by atoms with Crippen LogP contribution in [0.5, 0.6) is 5.75 Å². The number of halogens is 1. The van der Waals surface area contributed by atoms with Crippen LogP contribution in [-0.2, 0) is 0 Å². The molecule has 0 bridgehead atoms. The number of nitrogens with one attached hydrogen (secondary N) is 1. The molecule has 0 amide bonds. The van der Waals surface area contributed by atoms with Crippen LogP contribution in [0.25, 0.3) is 0 Å². The number of ether oxygens (including phenoxy) is 1. The van der Waals surface area contributed by atoms with Gasteiger partial charge in [-0.2, -0.15) is 0 Å². The molecule has 1 N–H and O–H groups in total. The zero-order valence-corrected chi connectivity index (χ0v) is 11.1. The van der Waals surface area contributed by atoms with E-state index in [1.54, 1.807) is 0 Å². The van der Waals surface area contributed by atoms with Crippen LogP contribution in [-0.4, -0.2) is 13.2 Å². The smallest absolute Gasteiger partial charge is 0.120 e. The van der Waals surface area contributed by atoms with Gasteiger partial charge >= 0.3 is 0 Å². The van der Waals surface area contributed by atoms with Gasteiger partial charge in [-0.25, -0.2) is 0 Å². The summed E-state index contributed by atoms with van der Waals surface area (Å²) >= 11 is 5.88. The van der Waals surface area contributed by atoms with Gasteiger partial charge in [0.25, 0.3) is 0 Å². The van der Waals surface area contributed by atoms with Gasteiger partial charge in [-0.3, -0.25) is 0 Å². The molecule has 0 unspecified atom stereocenters. The molecule has 18 heavy (non-hydrogen) atoms. The molecular formula is C15H16ClNO. The lowest BCUT2D eigenvalue weighted by atomic mass is 10.2. The Morgan fingerprint density at radius 3 is 2.72 bits per heavy atom. The summed E-state index contributed by atoms with van der Waals surface area (Å²) in [5.41, 5.74) is 2.38. The van der Waals surface area contributed by atoms with Gasteiger partial charge in [0.2, 0.25) is 0 Å². The summed E-state index contributed by atoms with van der Waals surface area (Å²) in [5, 5.41) is 4.03. The maximum absolute atomic E-state index is 5.88. The Hall–Kier alpha value is -1.67. The Morgan fingerprint density at radius 1 is 1.11 bits per heavy atom. The van der Waals surface area contributed by atoms with Crippen LogP contribution in [0, 0.1) is 6.92 Å². The van der Waals surface area contributed by atoms with Crippen molar-refractivity contribution < 1.29 is 4.74 Å². The van der Waals surface area contributed by atoms with E-state index in [1.807, 2.05) is 36.4 Å². The molecule has 3 heteroatoms. The van der Waals surface area contributed by atoms with E-state index in [9.17, 15) is 0 Å². The predicted octanol–water partition coefficient (Wildman–Crippen LogP) is 4.14. The molecule has 0 heterocycles. The van der Waals surface area contributed by atoms with Crippen molar-refractivity contribution in [1.82, 2.24) is 0 Å². The lowest BCUT2D eigenvalue weighted by molar-refractivity contribution is 0.333. The minimum absolute atomic E-state index is 0.606. The summed E-state index contributed by atoms with van der Waals surface area (Å²) in [6.45, 7) is 3.45. The van der Waals surface area contributed by atoms with E-state index in [4.69, 9.17) is 16.3 Å². The summed E-state index contributed by atoms with van der Waals surface area (Å²) < 4.78 is 5.60. The highest BCUT2D eigenvalue weighted by molar-refractivity contribution is 6.30. The lowest BCUT2D eigenvalue weighted by Gasteiger charge is -2.10. The molecule has 2 aromatic carbocycles. The summed E-state index contributed by atoms with van der Waals surface area (Å²) in [6.07, 6.45) is 0. The first-order valence-electron chi connectivity index (χ1n) is 5.93. The van der Waals surface area contributed by atoms with Gasteiger partial charge in [0.05, 0.1) is 0 Å². The molecule has 2 nitrogen and oxygen atoms in total. The van der Waals surface area contributed by atoms with Crippen molar-refractivity contribution in [2.24, 2.45) is 0 Å². The van der Waals surface area contributed by atoms with Gasteiger partial charge < -0.3 is 10.1 Å². The third-order valence-electron chi connectivity index (χ3n) is 2.63. The molecular weight excluding hydrogens is 246 g/mol. The Labute approximate surface area is 113 Å². The van der Waals surface area contributed by atoms with E-state index in [1.165, 1.54) is 5.56 Å². The number of benzene rings is 2. The normalized spacial score (nSPS) is 10.1. The van der Waals surface area contributed by atoms with E-state index >= 15 is 0 Å². The van der Waals surface area contributed by atoms with E-state index in [2.05, 4.69) is 24.4 Å². The third kappa shape index (κ3) is 3.67. The first-order chi connectivity index (χ1) is 8.75. The molecule has 0 aliphatic heterocycles. The van der Waals surface area contributed by atoms with Crippen LogP contribution in [0.15, 0.2) is 48.5 Å². The van der Waals surface area contributed by atoms with Crippen molar-refractivity contribution >= 4 is 17.3 Å². The Morgan fingerprint density at radius 2 is 1.94 bits per heavy atom. The van der Waals surface area contributed by atoms with Crippen molar-refractivity contribution in [3.8, 4) is 5.75 Å². The SMILES string of the molecule is Cc1ccccc1NCCOc1cccc(Cl)c1. The van der Waals surface area contributed by atoms with Gasteiger partial charge in [0.1, 0.15) is 12.4 Å². The fraction of sp³-hybridized carbons (Fsp3) is 0.200. The third-order valence-corrected chi connectivity index (χ3v) is 2.86. The monoisotopic (exact) mass is 261 g/mol. The van der Waals surface area contributed by atoms with Gasteiger partial charge in [0.15, 0.2) is 0 Å². The maximum Gasteiger partial charge on any atom is 0.120 e. The van der Waals surface area contributed by atoms with Gasteiger partial charge in [-0.15, -0.1) is 0 Å². The molecule has 0 aliphatic rings. The first-order valence-corrected chi connectivity index (χ1v) is 6.31. The number of hydrogen-bond donors (Lipinski definition) is 1. The first kappa shape index (κ1) is 12.8. The van der Waals surface area contributed by atoms with Crippen LogP contribution in [0.3, 0.4) is 0 Å². The number of para-hydroxylation sites is 1. The van der Waals surface area contributed by atoms with E-state index in [-0.39, 0.29) is 0 Å².